The number of nitrogens with two attached hydrogens (primary N) is 2. The minimum absolute atomic E-state index is 0.0506. The Bertz CT molecular complexity index is 1010. The van der Waals surface area contributed by atoms with E-state index >= 15 is 0 Å². The number of amides is 3. The second kappa shape index (κ2) is 10.1. The van der Waals surface area contributed by atoms with E-state index in [4.69, 9.17) is 11.5 Å². The molecule has 0 saturated heterocycles. The third-order valence-electron chi connectivity index (χ3n) is 5.95. The van der Waals surface area contributed by atoms with Gasteiger partial charge in [0.1, 0.15) is 10.9 Å². The molecule has 0 radical (unpaired) electrons. The first-order valence-corrected chi connectivity index (χ1v) is 11.8. The number of rotatable bonds is 7. The van der Waals surface area contributed by atoms with Gasteiger partial charge in [0.2, 0.25) is 5.91 Å². The van der Waals surface area contributed by atoms with Gasteiger partial charge < -0.3 is 16.8 Å². The first-order chi connectivity index (χ1) is 15.2. The highest BCUT2D eigenvalue weighted by atomic mass is 32.1. The lowest BCUT2D eigenvalue weighted by atomic mass is 9.95. The number of aryl methyl sites for hydroxylation is 2. The van der Waals surface area contributed by atoms with Crippen molar-refractivity contribution < 1.29 is 14.4 Å². The quantitative estimate of drug-likeness (QED) is 0.587. The molecule has 2 aromatic rings. The van der Waals surface area contributed by atoms with E-state index in [1.807, 2.05) is 39.0 Å². The Morgan fingerprint density at radius 1 is 1.22 bits per heavy atom. The molecule has 0 spiro atoms. The summed E-state index contributed by atoms with van der Waals surface area (Å²) in [7, 11) is 0. The van der Waals surface area contributed by atoms with Gasteiger partial charge in [-0.15, -0.1) is 0 Å². The van der Waals surface area contributed by atoms with Crippen LogP contribution in [-0.2, 0) is 4.79 Å². The van der Waals surface area contributed by atoms with Gasteiger partial charge in [-0.25, -0.2) is 0 Å². The lowest BCUT2D eigenvalue weighted by Gasteiger charge is -2.33. The van der Waals surface area contributed by atoms with Crippen molar-refractivity contribution in [3.8, 4) is 0 Å². The van der Waals surface area contributed by atoms with Crippen molar-refractivity contribution in [2.45, 2.75) is 71.4 Å². The third-order valence-corrected chi connectivity index (χ3v) is 6.80. The Hall–Kier alpha value is -2.94. The number of nitrogens with one attached hydrogen (secondary N) is 1. The van der Waals surface area contributed by atoms with Gasteiger partial charge in [-0.3, -0.25) is 19.3 Å². The highest BCUT2D eigenvalue weighted by Crippen LogP contribution is 2.31. The number of hydrogen-bond acceptors (Lipinski definition) is 6. The van der Waals surface area contributed by atoms with Crippen LogP contribution < -0.4 is 21.7 Å². The second-order valence-corrected chi connectivity index (χ2v) is 9.14. The molecule has 1 aliphatic rings. The standard InChI is InChI=1S/C23H31N5O3S/c1-4-16(22(30)26-15-8-6-5-7-9-15)28(17-12-13(2)10-11-14(17)3)23(31)20-18(24)19(21(25)29)27-32-20/h10-12,15-16H,4-9,24H2,1-3H3,(H2,25,29)(H,26,30)/t16-/m1/s1. The van der Waals surface area contributed by atoms with Crippen LogP contribution >= 0.6 is 11.5 Å². The summed E-state index contributed by atoms with van der Waals surface area (Å²) in [6.45, 7) is 5.70. The molecule has 3 rings (SSSR count). The molecule has 0 aliphatic heterocycles. The van der Waals surface area contributed by atoms with Crippen LogP contribution in [0.3, 0.4) is 0 Å². The van der Waals surface area contributed by atoms with Crippen molar-refractivity contribution in [3.05, 3.63) is 39.9 Å². The average molecular weight is 458 g/mol. The van der Waals surface area contributed by atoms with Crippen LogP contribution in [-0.4, -0.2) is 34.2 Å². The van der Waals surface area contributed by atoms with Crippen molar-refractivity contribution in [3.63, 3.8) is 0 Å². The number of carbonyl (C=O) groups is 3. The Kier molecular flexibility index (Phi) is 7.50. The van der Waals surface area contributed by atoms with Gasteiger partial charge in [-0.05, 0) is 61.8 Å². The summed E-state index contributed by atoms with van der Waals surface area (Å²) in [4.78, 5) is 40.3. The molecule has 9 heteroatoms. The zero-order valence-electron chi connectivity index (χ0n) is 18.8. The molecule has 0 bridgehead atoms. The molecule has 1 saturated carbocycles. The van der Waals surface area contributed by atoms with Gasteiger partial charge in [0.25, 0.3) is 11.8 Å². The summed E-state index contributed by atoms with van der Waals surface area (Å²) in [5.41, 5.74) is 13.7. The van der Waals surface area contributed by atoms with Crippen LogP contribution in [0.2, 0.25) is 0 Å². The Morgan fingerprint density at radius 2 is 1.91 bits per heavy atom. The van der Waals surface area contributed by atoms with Crippen molar-refractivity contribution in [1.29, 1.82) is 0 Å². The average Bonchev–Trinajstić information content (AvgIpc) is 3.15. The Labute approximate surface area is 192 Å². The summed E-state index contributed by atoms with van der Waals surface area (Å²) in [6, 6.07) is 5.15. The predicted molar refractivity (Wildman–Crippen MR) is 127 cm³/mol. The highest BCUT2D eigenvalue weighted by molar-refractivity contribution is 7.09. The minimum Gasteiger partial charge on any atom is -0.395 e. The number of nitrogen functional groups attached to an aromatic ring is 1. The molecule has 1 atom stereocenters. The maximum Gasteiger partial charge on any atom is 0.272 e. The number of aromatic nitrogens is 1. The summed E-state index contributed by atoms with van der Waals surface area (Å²) < 4.78 is 3.97. The molecule has 1 aliphatic carbocycles. The monoisotopic (exact) mass is 457 g/mol. The van der Waals surface area contributed by atoms with Crippen LogP contribution in [0, 0.1) is 13.8 Å². The number of anilines is 2. The molecule has 1 aromatic carbocycles. The van der Waals surface area contributed by atoms with Gasteiger partial charge in [-0.1, -0.05) is 38.3 Å². The molecule has 5 N–H and O–H groups in total. The van der Waals surface area contributed by atoms with Gasteiger partial charge >= 0.3 is 0 Å². The normalized spacial score (nSPS) is 15.2. The number of benzene rings is 1. The SMILES string of the molecule is CC[C@H](C(=O)NC1CCCCC1)N(C(=O)c1snc(C(N)=O)c1N)c1cc(C)ccc1C. The maximum absolute atomic E-state index is 13.7. The maximum atomic E-state index is 13.7. The van der Waals surface area contributed by atoms with Crippen LogP contribution in [0.15, 0.2) is 18.2 Å². The zero-order valence-corrected chi connectivity index (χ0v) is 19.6. The van der Waals surface area contributed by atoms with E-state index in [1.165, 1.54) is 11.3 Å². The summed E-state index contributed by atoms with van der Waals surface area (Å²) in [5, 5.41) is 3.15. The lowest BCUT2D eigenvalue weighted by molar-refractivity contribution is -0.123. The van der Waals surface area contributed by atoms with Crippen LogP contribution in [0.1, 0.15) is 76.7 Å². The van der Waals surface area contributed by atoms with E-state index < -0.39 is 17.9 Å². The van der Waals surface area contributed by atoms with E-state index in [-0.39, 0.29) is 28.2 Å². The first-order valence-electron chi connectivity index (χ1n) is 11.0. The molecule has 172 valence electrons. The van der Waals surface area contributed by atoms with E-state index in [0.29, 0.717) is 12.1 Å². The number of carbonyl (C=O) groups excluding carboxylic acids is 3. The number of primary amides is 1. The Balaban J connectivity index is 2.03. The molecular formula is C23H31N5O3S. The highest BCUT2D eigenvalue weighted by Gasteiger charge is 2.35. The number of nitrogens with zero attached hydrogens (tertiary/aromatic N) is 2. The largest absolute Gasteiger partial charge is 0.395 e. The van der Waals surface area contributed by atoms with Gasteiger partial charge in [0, 0.05) is 11.7 Å². The lowest BCUT2D eigenvalue weighted by Crippen LogP contribution is -2.52. The second-order valence-electron chi connectivity index (χ2n) is 8.37. The van der Waals surface area contributed by atoms with Gasteiger partial charge in [0.15, 0.2) is 5.69 Å². The van der Waals surface area contributed by atoms with E-state index in [9.17, 15) is 14.4 Å². The fraction of sp³-hybridized carbons (Fsp3) is 0.478. The van der Waals surface area contributed by atoms with E-state index in [1.54, 1.807) is 0 Å². The molecule has 32 heavy (non-hydrogen) atoms. The fourth-order valence-corrected chi connectivity index (χ4v) is 4.91. The summed E-state index contributed by atoms with van der Waals surface area (Å²) >= 11 is 0.822. The van der Waals surface area contributed by atoms with Crippen molar-refractivity contribution in [2.24, 2.45) is 5.73 Å². The predicted octanol–water partition coefficient (Wildman–Crippen LogP) is 3.32. The molecule has 3 amide bonds. The zero-order chi connectivity index (χ0) is 23.4. The molecular weight excluding hydrogens is 426 g/mol. The van der Waals surface area contributed by atoms with Gasteiger partial charge in [0.05, 0.1) is 5.69 Å². The van der Waals surface area contributed by atoms with Crippen molar-refractivity contribution in [1.82, 2.24) is 9.69 Å². The van der Waals surface area contributed by atoms with Crippen molar-refractivity contribution in [2.75, 3.05) is 10.6 Å². The Morgan fingerprint density at radius 3 is 2.50 bits per heavy atom. The summed E-state index contributed by atoms with van der Waals surface area (Å²) in [5.74, 6) is -1.45. The van der Waals surface area contributed by atoms with Crippen LogP contribution in [0.5, 0.6) is 0 Å². The van der Waals surface area contributed by atoms with Crippen molar-refractivity contribution >= 4 is 40.6 Å². The van der Waals surface area contributed by atoms with E-state index in [2.05, 4.69) is 9.69 Å². The smallest absolute Gasteiger partial charge is 0.272 e. The van der Waals surface area contributed by atoms with E-state index in [0.717, 1.165) is 48.3 Å². The van der Waals surface area contributed by atoms with Gasteiger partial charge in [-0.2, -0.15) is 4.37 Å². The molecule has 0 unspecified atom stereocenters. The number of hydrogen-bond donors (Lipinski definition) is 3. The van der Waals surface area contributed by atoms with Crippen LogP contribution in [0.4, 0.5) is 11.4 Å². The summed E-state index contributed by atoms with van der Waals surface area (Å²) in [6.07, 6.45) is 5.68. The molecule has 1 heterocycles. The first kappa shape index (κ1) is 23.7. The fourth-order valence-electron chi connectivity index (χ4n) is 4.17. The molecule has 1 aromatic heterocycles. The minimum atomic E-state index is -0.793. The molecule has 8 nitrogen and oxygen atoms in total. The topological polar surface area (TPSA) is 131 Å². The third kappa shape index (κ3) is 4.93. The molecule has 1 fully saturated rings. The van der Waals surface area contributed by atoms with Crippen LogP contribution in [0.25, 0.3) is 0 Å².